The molecule has 166 valence electrons. The number of pyridine rings is 1. The predicted molar refractivity (Wildman–Crippen MR) is 106 cm³/mol. The van der Waals surface area contributed by atoms with Gasteiger partial charge in [-0.3, -0.25) is 9.59 Å². The monoisotopic (exact) mass is 466 g/mol. The summed E-state index contributed by atoms with van der Waals surface area (Å²) in [7, 11) is 0. The van der Waals surface area contributed by atoms with Crippen LogP contribution < -0.4 is 14.8 Å². The van der Waals surface area contributed by atoms with E-state index in [1.54, 1.807) is 13.8 Å². The molecular formula is C20H14ClF3N4O4. The minimum absolute atomic E-state index is 0.0125. The first-order chi connectivity index (χ1) is 15.0. The number of anilines is 1. The number of hydrogen-bond acceptors (Lipinski definition) is 6. The van der Waals surface area contributed by atoms with Gasteiger partial charge in [0, 0.05) is 37.7 Å². The summed E-state index contributed by atoms with van der Waals surface area (Å²) in [4.78, 5) is 28.4. The van der Waals surface area contributed by atoms with Crippen molar-refractivity contribution in [3.63, 3.8) is 0 Å². The van der Waals surface area contributed by atoms with Gasteiger partial charge < -0.3 is 14.8 Å². The molecule has 12 heteroatoms. The van der Waals surface area contributed by atoms with Crippen molar-refractivity contribution < 1.29 is 32.2 Å². The van der Waals surface area contributed by atoms with Crippen molar-refractivity contribution in [3.8, 4) is 17.3 Å². The molecule has 0 spiro atoms. The Hall–Kier alpha value is -3.60. The Kier molecular flexibility index (Phi) is 5.08. The molecule has 0 aliphatic carbocycles. The summed E-state index contributed by atoms with van der Waals surface area (Å²) < 4.78 is 51.7. The largest absolute Gasteiger partial charge is 0.449 e. The van der Waals surface area contributed by atoms with Crippen LogP contribution in [0.2, 0.25) is 5.02 Å². The quantitative estimate of drug-likeness (QED) is 0.568. The topological polar surface area (TPSA) is 95.3 Å². The van der Waals surface area contributed by atoms with Crippen molar-refractivity contribution in [1.29, 1.82) is 0 Å². The molecule has 1 amide bonds. The second kappa shape index (κ2) is 7.52. The van der Waals surface area contributed by atoms with Gasteiger partial charge in [-0.05, 0) is 18.2 Å². The number of alkyl halides is 3. The van der Waals surface area contributed by atoms with Crippen LogP contribution in [0.25, 0.3) is 5.82 Å². The van der Waals surface area contributed by atoms with E-state index in [9.17, 15) is 22.8 Å². The smallest absolute Gasteiger partial charge is 0.435 e. The number of fused-ring (bicyclic) bond motifs is 1. The lowest BCUT2D eigenvalue weighted by molar-refractivity contribution is -0.141. The van der Waals surface area contributed by atoms with E-state index in [0.717, 1.165) is 0 Å². The third-order valence-electron chi connectivity index (χ3n) is 4.37. The van der Waals surface area contributed by atoms with Gasteiger partial charge in [-0.1, -0.05) is 11.6 Å². The highest BCUT2D eigenvalue weighted by molar-refractivity contribution is 6.32. The van der Waals surface area contributed by atoms with Crippen molar-refractivity contribution in [1.82, 2.24) is 14.8 Å². The van der Waals surface area contributed by atoms with Gasteiger partial charge in [0.05, 0.1) is 10.7 Å². The summed E-state index contributed by atoms with van der Waals surface area (Å²) in [5, 5.41) is 5.87. The first-order valence-corrected chi connectivity index (χ1v) is 9.47. The van der Waals surface area contributed by atoms with Crippen molar-refractivity contribution in [3.05, 3.63) is 58.5 Å². The van der Waals surface area contributed by atoms with Crippen molar-refractivity contribution in [2.24, 2.45) is 0 Å². The van der Waals surface area contributed by atoms with E-state index >= 15 is 0 Å². The number of carbonyl (C=O) groups is 2. The fourth-order valence-electron chi connectivity index (χ4n) is 3.05. The molecule has 4 rings (SSSR count). The van der Waals surface area contributed by atoms with Gasteiger partial charge in [0.2, 0.25) is 5.79 Å². The fourth-order valence-corrected chi connectivity index (χ4v) is 3.26. The van der Waals surface area contributed by atoms with Gasteiger partial charge in [-0.2, -0.15) is 18.3 Å². The molecule has 0 bridgehead atoms. The molecule has 8 nitrogen and oxygen atoms in total. The van der Waals surface area contributed by atoms with Gasteiger partial charge in [0.15, 0.2) is 29.3 Å². The van der Waals surface area contributed by atoms with E-state index in [1.807, 2.05) is 0 Å². The van der Waals surface area contributed by atoms with Crippen LogP contribution in [-0.4, -0.2) is 32.7 Å². The molecule has 1 N–H and O–H groups in total. The zero-order valence-electron chi connectivity index (χ0n) is 16.5. The van der Waals surface area contributed by atoms with Gasteiger partial charge in [0.25, 0.3) is 5.91 Å². The van der Waals surface area contributed by atoms with Crippen molar-refractivity contribution in [2.75, 3.05) is 5.32 Å². The molecule has 0 saturated carbocycles. The molecule has 2 aromatic heterocycles. The van der Waals surface area contributed by atoms with E-state index in [4.69, 9.17) is 21.1 Å². The second-order valence-electron chi connectivity index (χ2n) is 7.20. The van der Waals surface area contributed by atoms with Gasteiger partial charge in [-0.15, -0.1) is 0 Å². The lowest BCUT2D eigenvalue weighted by Gasteiger charge is -2.16. The number of amides is 1. The molecular weight excluding hydrogens is 453 g/mol. The van der Waals surface area contributed by atoms with Crippen LogP contribution in [0, 0.1) is 0 Å². The van der Waals surface area contributed by atoms with E-state index in [1.165, 1.54) is 30.5 Å². The highest BCUT2D eigenvalue weighted by atomic mass is 35.5. The van der Waals surface area contributed by atoms with Gasteiger partial charge in [0.1, 0.15) is 5.69 Å². The molecule has 1 aliphatic rings. The minimum atomic E-state index is -4.82. The molecule has 0 saturated heterocycles. The third kappa shape index (κ3) is 3.98. The van der Waals surface area contributed by atoms with E-state index in [0.29, 0.717) is 22.8 Å². The number of aromatic nitrogens is 3. The third-order valence-corrected chi connectivity index (χ3v) is 4.67. The summed E-state index contributed by atoms with van der Waals surface area (Å²) in [6, 6.07) is 6.15. The number of halogens is 4. The fraction of sp³-hybridized carbons (Fsp3) is 0.200. The summed E-state index contributed by atoms with van der Waals surface area (Å²) in [6.07, 6.45) is -3.06. The molecule has 0 fully saturated rings. The van der Waals surface area contributed by atoms with Crippen LogP contribution in [0.1, 0.15) is 40.4 Å². The maximum atomic E-state index is 13.3. The maximum Gasteiger partial charge on any atom is 0.435 e. The maximum absolute atomic E-state index is 13.3. The lowest BCUT2D eigenvalue weighted by Crippen LogP contribution is -2.29. The number of ether oxygens (including phenoxy) is 2. The molecule has 3 aromatic rings. The Morgan fingerprint density at radius 1 is 1.22 bits per heavy atom. The van der Waals surface area contributed by atoms with E-state index in [-0.39, 0.29) is 27.8 Å². The first kappa shape index (κ1) is 21.6. The Morgan fingerprint density at radius 3 is 2.53 bits per heavy atom. The summed E-state index contributed by atoms with van der Waals surface area (Å²) >= 11 is 6.04. The Labute approximate surface area is 183 Å². The normalized spacial score (nSPS) is 14.3. The number of nitrogens with one attached hydrogen (secondary N) is 1. The average Bonchev–Trinajstić information content (AvgIpc) is 3.27. The molecule has 32 heavy (non-hydrogen) atoms. The highest BCUT2D eigenvalue weighted by Crippen LogP contribution is 2.42. The number of benzene rings is 1. The lowest BCUT2D eigenvalue weighted by atomic mass is 10.1. The van der Waals surface area contributed by atoms with Crippen LogP contribution in [0.15, 0.2) is 36.5 Å². The van der Waals surface area contributed by atoms with Crippen LogP contribution in [0.5, 0.6) is 11.5 Å². The van der Waals surface area contributed by atoms with Gasteiger partial charge in [-0.25, -0.2) is 9.67 Å². The van der Waals surface area contributed by atoms with Gasteiger partial charge >= 0.3 is 6.18 Å². The molecule has 0 radical (unpaired) electrons. The number of carbonyl (C=O) groups excluding carboxylic acids is 2. The van der Waals surface area contributed by atoms with Crippen molar-refractivity contribution in [2.45, 2.75) is 25.8 Å². The standard InChI is InChI=1S/C20H14ClF3N4O4/c1-19(2)31-14-6-10(9-29)12(7-15(14)32-19)26-18(30)13-8-16(20(22,23)24)27-28(13)17-11(21)4-3-5-25-17/h3-9H,1-2H3,(H,26,30). The summed E-state index contributed by atoms with van der Waals surface area (Å²) in [5.41, 5.74) is -1.75. The summed E-state index contributed by atoms with van der Waals surface area (Å²) in [5.74, 6) is -1.58. The SMILES string of the molecule is CC1(C)Oc2cc(C=O)c(NC(=O)c3cc(C(F)(F)F)nn3-c3ncccc3Cl)cc2O1. The van der Waals surface area contributed by atoms with Crippen LogP contribution in [0.3, 0.4) is 0 Å². The Bertz CT molecular complexity index is 1240. The number of nitrogens with zero attached hydrogens (tertiary/aromatic N) is 3. The molecule has 1 aromatic carbocycles. The Morgan fingerprint density at radius 2 is 1.91 bits per heavy atom. The molecule has 3 heterocycles. The van der Waals surface area contributed by atoms with Crippen LogP contribution in [0.4, 0.5) is 18.9 Å². The predicted octanol–water partition coefficient (Wildman–Crippen LogP) is 4.51. The average molecular weight is 467 g/mol. The Balaban J connectivity index is 1.76. The van der Waals surface area contributed by atoms with E-state index < -0.39 is 29.3 Å². The number of aldehydes is 1. The van der Waals surface area contributed by atoms with Crippen LogP contribution in [-0.2, 0) is 6.18 Å². The number of rotatable bonds is 4. The zero-order valence-corrected chi connectivity index (χ0v) is 17.3. The first-order valence-electron chi connectivity index (χ1n) is 9.09. The van der Waals surface area contributed by atoms with E-state index in [2.05, 4.69) is 15.4 Å². The molecule has 0 atom stereocenters. The summed E-state index contributed by atoms with van der Waals surface area (Å²) in [6.45, 7) is 3.30. The highest BCUT2D eigenvalue weighted by Gasteiger charge is 2.37. The minimum Gasteiger partial charge on any atom is -0.449 e. The molecule has 1 aliphatic heterocycles. The van der Waals surface area contributed by atoms with Crippen LogP contribution >= 0.6 is 11.6 Å². The second-order valence-corrected chi connectivity index (χ2v) is 7.60. The number of hydrogen-bond donors (Lipinski definition) is 1. The zero-order chi connectivity index (χ0) is 23.3. The van der Waals surface area contributed by atoms with Crippen molar-refractivity contribution >= 4 is 29.5 Å². The molecule has 0 unspecified atom stereocenters.